The summed E-state index contributed by atoms with van der Waals surface area (Å²) in [5.41, 5.74) is 0. The average molecular weight is 262 g/mol. The number of nitrogens with two attached hydrogens (primary N) is 1. The number of quaternary nitrogens is 1. The van der Waals surface area contributed by atoms with Gasteiger partial charge in [-0.3, -0.25) is 0 Å². The molecule has 2 N–H and O–H groups in total. The molecule has 0 amide bonds. The zero-order chi connectivity index (χ0) is 9.94. The van der Waals surface area contributed by atoms with Gasteiger partial charge in [-0.25, -0.2) is 0 Å². The smallest absolute Gasteiger partial charge is 0.0928 e. The van der Waals surface area contributed by atoms with E-state index in [1.165, 1.54) is 25.8 Å². The second kappa shape index (κ2) is 12.9. The molecular weight excluding hydrogens is 238 g/mol. The van der Waals surface area contributed by atoms with Crippen molar-refractivity contribution in [1.29, 1.82) is 0 Å². The topological polar surface area (TPSA) is 16.6 Å². The lowest BCUT2D eigenvalue weighted by molar-refractivity contribution is -0.688. The van der Waals surface area contributed by atoms with E-state index in [4.69, 9.17) is 0 Å². The Morgan fingerprint density at radius 3 is 2.14 bits per heavy atom. The van der Waals surface area contributed by atoms with Crippen LogP contribution >= 0.6 is 0 Å². The van der Waals surface area contributed by atoms with Crippen molar-refractivity contribution in [3.05, 3.63) is 25.3 Å². The predicted octanol–water partition coefficient (Wildman–Crippen LogP) is -0.735. The second-order valence-corrected chi connectivity index (χ2v) is 3.54. The van der Waals surface area contributed by atoms with Crippen LogP contribution in [0.4, 0.5) is 0 Å². The number of unbranched alkanes of at least 4 members (excludes halogenated alkanes) is 2. The molecule has 0 atom stereocenters. The zero-order valence-corrected chi connectivity index (χ0v) is 10.9. The molecule has 84 valence electrons. The van der Waals surface area contributed by atoms with Crippen molar-refractivity contribution in [2.45, 2.75) is 45.1 Å². The number of halogens is 1. The molecule has 0 aliphatic heterocycles. The van der Waals surface area contributed by atoms with Crippen LogP contribution in [0.5, 0.6) is 0 Å². The Morgan fingerprint density at radius 2 is 1.71 bits per heavy atom. The Morgan fingerprint density at radius 1 is 1.14 bits per heavy atom. The van der Waals surface area contributed by atoms with Gasteiger partial charge in [-0.1, -0.05) is 25.5 Å². The van der Waals surface area contributed by atoms with Crippen LogP contribution in [-0.2, 0) is 0 Å². The summed E-state index contributed by atoms with van der Waals surface area (Å²) in [5, 5.41) is 2.43. The molecule has 0 aromatic carbocycles. The van der Waals surface area contributed by atoms with E-state index in [0.29, 0.717) is 6.04 Å². The maximum absolute atomic E-state index is 3.77. The first kappa shape index (κ1) is 16.4. The third kappa shape index (κ3) is 10.0. The fraction of sp³-hybridized carbons (Fsp3) is 0.667. The highest BCUT2D eigenvalue weighted by molar-refractivity contribution is 4.78. The Hall–Kier alpha value is -0.0800. The van der Waals surface area contributed by atoms with Gasteiger partial charge in [0.2, 0.25) is 0 Å². The maximum Gasteiger partial charge on any atom is 0.0928 e. The normalized spacial score (nSPS) is 9.57. The molecule has 0 spiro atoms. The molecule has 0 aliphatic carbocycles. The van der Waals surface area contributed by atoms with Crippen LogP contribution in [0.2, 0.25) is 0 Å². The number of rotatable bonds is 9. The molecule has 0 fully saturated rings. The summed E-state index contributed by atoms with van der Waals surface area (Å²) in [5.74, 6) is 0. The van der Waals surface area contributed by atoms with Gasteiger partial charge in [0.1, 0.15) is 0 Å². The fourth-order valence-corrected chi connectivity index (χ4v) is 1.46. The molecule has 0 aliphatic rings. The lowest BCUT2D eigenvalue weighted by Gasteiger charge is -2.11. The molecule has 0 unspecified atom stereocenters. The van der Waals surface area contributed by atoms with Gasteiger partial charge < -0.3 is 22.3 Å². The predicted molar refractivity (Wildman–Crippen MR) is 59.7 cm³/mol. The highest BCUT2D eigenvalue weighted by Gasteiger charge is 2.06. The van der Waals surface area contributed by atoms with Crippen LogP contribution < -0.4 is 22.3 Å². The fourth-order valence-electron chi connectivity index (χ4n) is 1.46. The van der Waals surface area contributed by atoms with E-state index in [0.717, 1.165) is 12.8 Å². The molecule has 1 nitrogen and oxygen atoms in total. The van der Waals surface area contributed by atoms with Gasteiger partial charge in [0.05, 0.1) is 12.6 Å². The van der Waals surface area contributed by atoms with E-state index in [1.807, 2.05) is 12.2 Å². The summed E-state index contributed by atoms with van der Waals surface area (Å²) < 4.78 is 0. The molecule has 2 heteroatoms. The molecule has 0 saturated carbocycles. The van der Waals surface area contributed by atoms with E-state index < -0.39 is 0 Å². The third-order valence-electron chi connectivity index (χ3n) is 2.25. The summed E-state index contributed by atoms with van der Waals surface area (Å²) in [6, 6.07) is 0.673. The Balaban J connectivity index is 0. The van der Waals surface area contributed by atoms with Gasteiger partial charge in [-0.05, 0) is 12.8 Å². The van der Waals surface area contributed by atoms with Crippen LogP contribution in [0, 0.1) is 0 Å². The monoisotopic (exact) mass is 261 g/mol. The van der Waals surface area contributed by atoms with Gasteiger partial charge in [0, 0.05) is 12.8 Å². The van der Waals surface area contributed by atoms with Crippen molar-refractivity contribution in [3.8, 4) is 0 Å². The van der Waals surface area contributed by atoms with E-state index in [2.05, 4.69) is 25.4 Å². The quantitative estimate of drug-likeness (QED) is 0.416. The van der Waals surface area contributed by atoms with Gasteiger partial charge in [0.15, 0.2) is 0 Å². The summed E-state index contributed by atoms with van der Waals surface area (Å²) in [4.78, 5) is 0. The van der Waals surface area contributed by atoms with E-state index in [9.17, 15) is 0 Å². The third-order valence-corrected chi connectivity index (χ3v) is 2.25. The Labute approximate surface area is 99.4 Å². The largest absolute Gasteiger partial charge is 1.00 e. The first-order chi connectivity index (χ1) is 6.35. The van der Waals surface area contributed by atoms with E-state index in [1.54, 1.807) is 0 Å². The highest BCUT2D eigenvalue weighted by Crippen LogP contribution is 1.95. The first-order valence-electron chi connectivity index (χ1n) is 5.40. The molecule has 0 aromatic rings. The van der Waals surface area contributed by atoms with Crippen LogP contribution in [0.3, 0.4) is 0 Å². The number of hydrogen-bond acceptors (Lipinski definition) is 0. The van der Waals surface area contributed by atoms with Crippen LogP contribution in [0.25, 0.3) is 0 Å². The number of hydrogen-bond donors (Lipinski definition) is 1. The van der Waals surface area contributed by atoms with E-state index >= 15 is 0 Å². The zero-order valence-electron chi connectivity index (χ0n) is 9.34. The van der Waals surface area contributed by atoms with Gasteiger partial charge in [0.25, 0.3) is 0 Å². The average Bonchev–Trinajstić information content (AvgIpc) is 2.13. The molecule has 14 heavy (non-hydrogen) atoms. The van der Waals surface area contributed by atoms with Gasteiger partial charge >= 0.3 is 0 Å². The van der Waals surface area contributed by atoms with Crippen LogP contribution in [0.1, 0.15) is 39.0 Å². The van der Waals surface area contributed by atoms with Crippen molar-refractivity contribution in [2.75, 3.05) is 6.54 Å². The Bertz CT molecular complexity index is 124. The van der Waals surface area contributed by atoms with Gasteiger partial charge in [-0.15, -0.1) is 13.2 Å². The van der Waals surface area contributed by atoms with Crippen molar-refractivity contribution in [1.82, 2.24) is 0 Å². The molecule has 0 heterocycles. The summed E-state index contributed by atoms with van der Waals surface area (Å²) in [6.07, 6.45) is 10.2. The molecule has 0 saturated heterocycles. The molecular formula is C12H24BrN. The van der Waals surface area contributed by atoms with Crippen molar-refractivity contribution in [3.63, 3.8) is 0 Å². The standard InChI is InChI=1S/C12H23N.BrH/c1-4-7-8-11-13-12(9-5-2)10-6-3;/h5-6,12-13H,2-4,7-11H2,1H3;1H. The lowest BCUT2D eigenvalue weighted by atomic mass is 10.1. The van der Waals surface area contributed by atoms with Gasteiger partial charge in [-0.2, -0.15) is 0 Å². The lowest BCUT2D eigenvalue weighted by Crippen LogP contribution is -3.00. The summed E-state index contributed by atoms with van der Waals surface area (Å²) >= 11 is 0. The molecule has 0 aromatic heterocycles. The van der Waals surface area contributed by atoms with Crippen molar-refractivity contribution in [2.24, 2.45) is 0 Å². The molecule has 0 rings (SSSR count). The Kier molecular flexibility index (Phi) is 15.1. The van der Waals surface area contributed by atoms with E-state index in [-0.39, 0.29) is 17.0 Å². The molecule has 0 bridgehead atoms. The minimum atomic E-state index is 0. The SMILES string of the molecule is C=CCC(CC=C)[NH2+]CCCCC.[Br-]. The molecule has 0 radical (unpaired) electrons. The van der Waals surface area contributed by atoms with Crippen LogP contribution in [0.15, 0.2) is 25.3 Å². The summed E-state index contributed by atoms with van der Waals surface area (Å²) in [7, 11) is 0. The minimum Gasteiger partial charge on any atom is -1.00 e. The maximum atomic E-state index is 3.77. The second-order valence-electron chi connectivity index (χ2n) is 3.54. The van der Waals surface area contributed by atoms with Crippen molar-refractivity contribution >= 4 is 0 Å². The van der Waals surface area contributed by atoms with Crippen LogP contribution in [-0.4, -0.2) is 12.6 Å². The summed E-state index contributed by atoms with van der Waals surface area (Å²) in [6.45, 7) is 11.0. The van der Waals surface area contributed by atoms with Crippen molar-refractivity contribution < 1.29 is 22.3 Å². The minimum absolute atomic E-state index is 0. The first-order valence-corrected chi connectivity index (χ1v) is 5.40. The highest BCUT2D eigenvalue weighted by atomic mass is 79.9.